The standard InChI is InChI=1S/C6H8FNO3/c7-5(9)11-6(10)8-3-1-2-4-8/h1-4H2. The van der Waals surface area contributed by atoms with Crippen LogP contribution in [0.5, 0.6) is 0 Å². The van der Waals surface area contributed by atoms with Crippen molar-refractivity contribution in [3.63, 3.8) is 0 Å². The Morgan fingerprint density at radius 3 is 2.27 bits per heavy atom. The topological polar surface area (TPSA) is 46.6 Å². The monoisotopic (exact) mass is 161 g/mol. The van der Waals surface area contributed by atoms with Gasteiger partial charge in [0.25, 0.3) is 0 Å². The van der Waals surface area contributed by atoms with Crippen LogP contribution in [-0.4, -0.2) is 30.3 Å². The van der Waals surface area contributed by atoms with Crippen LogP contribution in [0.2, 0.25) is 0 Å². The molecule has 1 fully saturated rings. The Morgan fingerprint density at radius 1 is 1.27 bits per heavy atom. The average molecular weight is 161 g/mol. The molecule has 1 aliphatic heterocycles. The molecule has 0 bridgehead atoms. The molecule has 0 atom stereocenters. The van der Waals surface area contributed by atoms with Crippen molar-refractivity contribution >= 4 is 12.3 Å². The predicted molar refractivity (Wildman–Crippen MR) is 33.8 cm³/mol. The van der Waals surface area contributed by atoms with E-state index in [1.165, 1.54) is 4.90 Å². The predicted octanol–water partition coefficient (Wildman–Crippen LogP) is 1.31. The first-order valence-electron chi connectivity index (χ1n) is 3.36. The van der Waals surface area contributed by atoms with E-state index in [9.17, 15) is 14.0 Å². The summed E-state index contributed by atoms with van der Waals surface area (Å²) in [6.07, 6.45) is -1.15. The zero-order valence-electron chi connectivity index (χ0n) is 5.88. The van der Waals surface area contributed by atoms with Gasteiger partial charge in [-0.15, -0.1) is 4.39 Å². The number of carbonyl (C=O) groups excluding carboxylic acids is 2. The van der Waals surface area contributed by atoms with Crippen LogP contribution in [0.1, 0.15) is 12.8 Å². The van der Waals surface area contributed by atoms with Crippen LogP contribution < -0.4 is 0 Å². The van der Waals surface area contributed by atoms with Gasteiger partial charge in [-0.3, -0.25) is 0 Å². The first kappa shape index (κ1) is 7.97. The molecule has 0 spiro atoms. The van der Waals surface area contributed by atoms with Crippen molar-refractivity contribution in [3.8, 4) is 0 Å². The molecule has 0 aromatic rings. The van der Waals surface area contributed by atoms with Crippen LogP contribution in [0.4, 0.5) is 14.0 Å². The first-order valence-corrected chi connectivity index (χ1v) is 3.36. The molecule has 0 unspecified atom stereocenters. The fourth-order valence-corrected chi connectivity index (χ4v) is 1.03. The van der Waals surface area contributed by atoms with Gasteiger partial charge in [0, 0.05) is 13.1 Å². The van der Waals surface area contributed by atoms with Crippen LogP contribution in [0.25, 0.3) is 0 Å². The highest BCUT2D eigenvalue weighted by Gasteiger charge is 2.21. The van der Waals surface area contributed by atoms with Gasteiger partial charge >= 0.3 is 12.3 Å². The van der Waals surface area contributed by atoms with Gasteiger partial charge in [-0.2, -0.15) is 0 Å². The quantitative estimate of drug-likeness (QED) is 0.397. The van der Waals surface area contributed by atoms with E-state index in [0.717, 1.165) is 12.8 Å². The highest BCUT2D eigenvalue weighted by molar-refractivity contribution is 5.80. The van der Waals surface area contributed by atoms with Crippen molar-refractivity contribution in [3.05, 3.63) is 0 Å². The Bertz CT molecular complexity index is 177. The van der Waals surface area contributed by atoms with Crippen molar-refractivity contribution < 1.29 is 18.7 Å². The summed E-state index contributed by atoms with van der Waals surface area (Å²) in [7, 11) is 0. The second-order valence-corrected chi connectivity index (χ2v) is 2.30. The summed E-state index contributed by atoms with van der Waals surface area (Å²) in [5, 5.41) is 0. The number of likely N-dealkylation sites (tertiary alicyclic amines) is 1. The largest absolute Gasteiger partial charge is 0.504 e. The molecule has 0 saturated carbocycles. The lowest BCUT2D eigenvalue weighted by Gasteiger charge is -2.11. The maximum atomic E-state index is 11.5. The van der Waals surface area contributed by atoms with Crippen molar-refractivity contribution in [1.29, 1.82) is 0 Å². The van der Waals surface area contributed by atoms with Crippen molar-refractivity contribution in [2.24, 2.45) is 0 Å². The van der Waals surface area contributed by atoms with Crippen LogP contribution in [0.3, 0.4) is 0 Å². The van der Waals surface area contributed by atoms with E-state index < -0.39 is 12.3 Å². The van der Waals surface area contributed by atoms with Gasteiger partial charge in [0.1, 0.15) is 0 Å². The third-order valence-corrected chi connectivity index (χ3v) is 1.53. The molecule has 1 heterocycles. The third kappa shape index (κ3) is 2.18. The molecule has 1 aliphatic rings. The van der Waals surface area contributed by atoms with Gasteiger partial charge < -0.3 is 9.64 Å². The zero-order chi connectivity index (χ0) is 8.27. The molecule has 0 radical (unpaired) electrons. The Kier molecular flexibility index (Phi) is 2.40. The number of rotatable bonds is 0. The molecule has 1 rings (SSSR count). The van der Waals surface area contributed by atoms with Gasteiger partial charge in [-0.05, 0) is 12.8 Å². The normalized spacial score (nSPS) is 16.6. The number of hydrogen-bond acceptors (Lipinski definition) is 3. The maximum Gasteiger partial charge on any atom is 0.504 e. The molecule has 0 aliphatic carbocycles. The lowest BCUT2D eigenvalue weighted by atomic mass is 10.4. The number of hydrogen-bond donors (Lipinski definition) is 0. The van der Waals surface area contributed by atoms with Crippen molar-refractivity contribution in [2.75, 3.05) is 13.1 Å². The lowest BCUT2D eigenvalue weighted by molar-refractivity contribution is 0.110. The number of ether oxygens (including phenoxy) is 1. The second-order valence-electron chi connectivity index (χ2n) is 2.30. The fourth-order valence-electron chi connectivity index (χ4n) is 1.03. The Morgan fingerprint density at radius 2 is 1.82 bits per heavy atom. The highest BCUT2D eigenvalue weighted by Crippen LogP contribution is 2.08. The van der Waals surface area contributed by atoms with Crippen molar-refractivity contribution in [2.45, 2.75) is 12.8 Å². The van der Waals surface area contributed by atoms with E-state index in [4.69, 9.17) is 0 Å². The number of carbonyl (C=O) groups is 2. The minimum absolute atomic E-state index is 0.548. The molecule has 11 heavy (non-hydrogen) atoms. The highest BCUT2D eigenvalue weighted by atomic mass is 19.1. The Balaban J connectivity index is 2.34. The molecule has 5 heteroatoms. The van der Waals surface area contributed by atoms with Crippen LogP contribution in [0.15, 0.2) is 0 Å². The fraction of sp³-hybridized carbons (Fsp3) is 0.667. The minimum atomic E-state index is -2.04. The lowest BCUT2D eigenvalue weighted by Crippen LogP contribution is -2.29. The summed E-state index contributed by atoms with van der Waals surface area (Å²) < 4.78 is 15.2. The summed E-state index contributed by atoms with van der Waals surface area (Å²) in [6, 6.07) is 0. The molecule has 0 aromatic heterocycles. The van der Waals surface area contributed by atoms with Gasteiger partial charge in [-0.1, -0.05) is 0 Å². The molecular formula is C6H8FNO3. The summed E-state index contributed by atoms with van der Waals surface area (Å²) >= 11 is 0. The molecule has 1 saturated heterocycles. The third-order valence-electron chi connectivity index (χ3n) is 1.53. The smallest absolute Gasteiger partial charge is 0.350 e. The molecular weight excluding hydrogens is 153 g/mol. The minimum Gasteiger partial charge on any atom is -0.350 e. The Hall–Kier alpha value is -1.13. The van der Waals surface area contributed by atoms with Crippen LogP contribution in [0, 0.1) is 0 Å². The van der Waals surface area contributed by atoms with Gasteiger partial charge in [0.2, 0.25) is 0 Å². The Labute approximate surface area is 62.9 Å². The summed E-state index contributed by atoms with van der Waals surface area (Å²) in [4.78, 5) is 21.7. The SMILES string of the molecule is O=C(F)OC(=O)N1CCCC1. The maximum absolute atomic E-state index is 11.5. The summed E-state index contributed by atoms with van der Waals surface area (Å²) in [5.74, 6) is 0. The number of nitrogens with zero attached hydrogens (tertiary/aromatic N) is 1. The molecule has 62 valence electrons. The molecule has 1 amide bonds. The van der Waals surface area contributed by atoms with E-state index in [1.54, 1.807) is 0 Å². The van der Waals surface area contributed by atoms with E-state index in [-0.39, 0.29) is 0 Å². The van der Waals surface area contributed by atoms with E-state index in [0.29, 0.717) is 13.1 Å². The molecule has 0 N–H and O–H groups in total. The van der Waals surface area contributed by atoms with Gasteiger partial charge in [-0.25, -0.2) is 9.59 Å². The van der Waals surface area contributed by atoms with E-state index in [2.05, 4.69) is 4.74 Å². The van der Waals surface area contributed by atoms with E-state index >= 15 is 0 Å². The van der Waals surface area contributed by atoms with Gasteiger partial charge in [0.15, 0.2) is 0 Å². The van der Waals surface area contributed by atoms with Crippen molar-refractivity contribution in [1.82, 2.24) is 4.90 Å². The summed E-state index contributed by atoms with van der Waals surface area (Å²) in [5.41, 5.74) is 0. The van der Waals surface area contributed by atoms with Crippen LogP contribution in [-0.2, 0) is 4.74 Å². The van der Waals surface area contributed by atoms with Gasteiger partial charge in [0.05, 0.1) is 0 Å². The first-order chi connectivity index (χ1) is 5.20. The molecule has 0 aromatic carbocycles. The summed E-state index contributed by atoms with van der Waals surface area (Å²) in [6.45, 7) is 1.10. The number of halogens is 1. The average Bonchev–Trinajstić information content (AvgIpc) is 2.35. The van der Waals surface area contributed by atoms with E-state index in [1.807, 2.05) is 0 Å². The second kappa shape index (κ2) is 3.32. The molecule has 4 nitrogen and oxygen atoms in total. The zero-order valence-corrected chi connectivity index (χ0v) is 5.88. The number of amides is 1. The van der Waals surface area contributed by atoms with Crippen LogP contribution >= 0.6 is 0 Å².